The zero-order valence-corrected chi connectivity index (χ0v) is 10.6. The van der Waals surface area contributed by atoms with Gasteiger partial charge in [0.05, 0.1) is 12.1 Å². The number of hydrogen-bond donors (Lipinski definition) is 1. The number of carboxylic acid groups (broad SMARTS) is 1. The average Bonchev–Trinajstić information content (AvgIpc) is 2.71. The van der Waals surface area contributed by atoms with E-state index in [0.717, 1.165) is 18.7 Å². The number of imidazole rings is 1. The van der Waals surface area contributed by atoms with Gasteiger partial charge in [-0.15, -0.1) is 0 Å². The van der Waals surface area contributed by atoms with E-state index in [1.54, 1.807) is 12.1 Å². The monoisotopic (exact) mass is 245 g/mol. The summed E-state index contributed by atoms with van der Waals surface area (Å²) in [6.45, 7) is 5.91. The molecule has 94 valence electrons. The molecule has 1 N–H and O–H groups in total. The second-order valence-corrected chi connectivity index (χ2v) is 4.26. The van der Waals surface area contributed by atoms with Gasteiger partial charge >= 0.3 is 5.97 Å². The van der Waals surface area contributed by atoms with Crippen molar-refractivity contribution in [3.05, 3.63) is 53.6 Å². The van der Waals surface area contributed by atoms with Crippen molar-refractivity contribution in [2.24, 2.45) is 0 Å². The van der Waals surface area contributed by atoms with E-state index in [9.17, 15) is 4.79 Å². The van der Waals surface area contributed by atoms with Crippen LogP contribution in [0.4, 0.5) is 0 Å². The lowest BCUT2D eigenvalue weighted by molar-refractivity contribution is -0.694. The summed E-state index contributed by atoms with van der Waals surface area (Å²) in [7, 11) is 0. The molecular weight excluding hydrogens is 228 g/mol. The Hall–Kier alpha value is -2.10. The second kappa shape index (κ2) is 5.04. The molecule has 0 atom stereocenters. The molecule has 0 saturated carbocycles. The fraction of sp³-hybridized carbons (Fsp3) is 0.286. The standard InChI is InChI=1S/C14H16N2O2/c1-3-15-8-9-16(11(15)2)10-12-4-6-13(7-5-12)14(17)18/h4-9H,3,10H2,1-2H3/p+1. The number of aromatic nitrogens is 2. The Morgan fingerprint density at radius 1 is 1.33 bits per heavy atom. The molecule has 4 heteroatoms. The smallest absolute Gasteiger partial charge is 0.335 e. The largest absolute Gasteiger partial charge is 0.478 e. The lowest BCUT2D eigenvalue weighted by Crippen LogP contribution is -2.36. The van der Waals surface area contributed by atoms with Gasteiger partial charge in [0.1, 0.15) is 18.9 Å². The van der Waals surface area contributed by atoms with Gasteiger partial charge < -0.3 is 5.11 Å². The molecule has 0 aliphatic heterocycles. The van der Waals surface area contributed by atoms with Crippen molar-refractivity contribution in [3.8, 4) is 0 Å². The van der Waals surface area contributed by atoms with Crippen LogP contribution < -0.4 is 4.57 Å². The van der Waals surface area contributed by atoms with E-state index in [0.29, 0.717) is 5.56 Å². The van der Waals surface area contributed by atoms with Crippen molar-refractivity contribution >= 4 is 5.97 Å². The van der Waals surface area contributed by atoms with Crippen LogP contribution in [0.2, 0.25) is 0 Å². The minimum atomic E-state index is -0.887. The van der Waals surface area contributed by atoms with E-state index in [4.69, 9.17) is 5.11 Å². The molecule has 2 rings (SSSR count). The molecule has 0 aliphatic carbocycles. The molecule has 0 unspecified atom stereocenters. The highest BCUT2D eigenvalue weighted by Gasteiger charge is 2.11. The molecule has 0 radical (unpaired) electrons. The van der Waals surface area contributed by atoms with Crippen molar-refractivity contribution < 1.29 is 14.5 Å². The topological polar surface area (TPSA) is 46.1 Å². The maximum atomic E-state index is 10.8. The van der Waals surface area contributed by atoms with Crippen molar-refractivity contribution in [2.45, 2.75) is 26.9 Å². The van der Waals surface area contributed by atoms with Gasteiger partial charge in [-0.05, 0) is 24.6 Å². The van der Waals surface area contributed by atoms with Crippen molar-refractivity contribution in [2.75, 3.05) is 0 Å². The van der Waals surface area contributed by atoms with Crippen LogP contribution in [0.15, 0.2) is 36.7 Å². The number of carboxylic acids is 1. The van der Waals surface area contributed by atoms with E-state index < -0.39 is 5.97 Å². The average molecular weight is 245 g/mol. The van der Waals surface area contributed by atoms with Crippen molar-refractivity contribution in [1.29, 1.82) is 0 Å². The molecule has 1 heterocycles. The predicted molar refractivity (Wildman–Crippen MR) is 67.5 cm³/mol. The Morgan fingerprint density at radius 2 is 2.00 bits per heavy atom. The molecule has 0 spiro atoms. The summed E-state index contributed by atoms with van der Waals surface area (Å²) in [4.78, 5) is 10.8. The van der Waals surface area contributed by atoms with Crippen LogP contribution in [0, 0.1) is 6.92 Å². The number of benzene rings is 1. The maximum Gasteiger partial charge on any atom is 0.335 e. The summed E-state index contributed by atoms with van der Waals surface area (Å²) < 4.78 is 4.32. The molecule has 0 amide bonds. The zero-order valence-electron chi connectivity index (χ0n) is 10.6. The summed E-state index contributed by atoms with van der Waals surface area (Å²) in [5.74, 6) is 0.308. The molecular formula is C14H17N2O2+. The lowest BCUT2D eigenvalue weighted by Gasteiger charge is -2.01. The van der Waals surface area contributed by atoms with E-state index >= 15 is 0 Å². The van der Waals surface area contributed by atoms with Crippen molar-refractivity contribution in [3.63, 3.8) is 0 Å². The summed E-state index contributed by atoms with van der Waals surface area (Å²) in [5, 5.41) is 8.84. The van der Waals surface area contributed by atoms with Gasteiger partial charge in [0.25, 0.3) is 5.82 Å². The van der Waals surface area contributed by atoms with Gasteiger partial charge in [-0.3, -0.25) is 0 Å². The predicted octanol–water partition coefficient (Wildman–Crippen LogP) is 1.85. The first-order valence-electron chi connectivity index (χ1n) is 5.99. The van der Waals surface area contributed by atoms with Crippen LogP contribution in [0.3, 0.4) is 0 Å². The Bertz CT molecular complexity index is 556. The highest BCUT2D eigenvalue weighted by Crippen LogP contribution is 2.05. The fourth-order valence-corrected chi connectivity index (χ4v) is 1.99. The molecule has 0 saturated heterocycles. The first-order chi connectivity index (χ1) is 8.61. The molecule has 4 nitrogen and oxygen atoms in total. The molecule has 1 aromatic carbocycles. The number of rotatable bonds is 4. The number of aryl methyl sites for hydroxylation is 1. The highest BCUT2D eigenvalue weighted by atomic mass is 16.4. The molecule has 2 aromatic rings. The van der Waals surface area contributed by atoms with Crippen LogP contribution >= 0.6 is 0 Å². The minimum absolute atomic E-state index is 0.326. The zero-order chi connectivity index (χ0) is 13.1. The third-order valence-corrected chi connectivity index (χ3v) is 3.15. The summed E-state index contributed by atoms with van der Waals surface area (Å²) in [6.07, 6.45) is 4.10. The highest BCUT2D eigenvalue weighted by molar-refractivity contribution is 5.87. The Balaban J connectivity index is 2.18. The maximum absolute atomic E-state index is 10.8. The molecule has 1 aromatic heterocycles. The molecule has 18 heavy (non-hydrogen) atoms. The minimum Gasteiger partial charge on any atom is -0.478 e. The first kappa shape index (κ1) is 12.4. The van der Waals surface area contributed by atoms with Gasteiger partial charge in [-0.25, -0.2) is 13.9 Å². The van der Waals surface area contributed by atoms with Gasteiger partial charge in [-0.2, -0.15) is 0 Å². The van der Waals surface area contributed by atoms with Crippen molar-refractivity contribution in [1.82, 2.24) is 4.57 Å². The van der Waals surface area contributed by atoms with E-state index in [-0.39, 0.29) is 0 Å². The second-order valence-electron chi connectivity index (χ2n) is 4.26. The SMILES string of the molecule is CCn1cc[n+](Cc2ccc(C(=O)O)cc2)c1C. The van der Waals surface area contributed by atoms with Crippen LogP contribution in [0.5, 0.6) is 0 Å². The number of carbonyl (C=O) groups is 1. The van der Waals surface area contributed by atoms with Crippen LogP contribution in [0.25, 0.3) is 0 Å². The third kappa shape index (κ3) is 2.42. The summed E-state index contributed by atoms with van der Waals surface area (Å²) >= 11 is 0. The van der Waals surface area contributed by atoms with Crippen LogP contribution in [-0.4, -0.2) is 15.6 Å². The van der Waals surface area contributed by atoms with Gasteiger partial charge in [0.15, 0.2) is 0 Å². The number of hydrogen-bond acceptors (Lipinski definition) is 1. The Kier molecular flexibility index (Phi) is 3.46. The first-order valence-corrected chi connectivity index (χ1v) is 5.99. The van der Waals surface area contributed by atoms with Gasteiger partial charge in [0.2, 0.25) is 0 Å². The third-order valence-electron chi connectivity index (χ3n) is 3.15. The van der Waals surface area contributed by atoms with E-state index in [1.165, 1.54) is 5.82 Å². The molecule has 0 fully saturated rings. The fourth-order valence-electron chi connectivity index (χ4n) is 1.99. The van der Waals surface area contributed by atoms with Gasteiger partial charge in [0, 0.05) is 6.92 Å². The Labute approximate surface area is 106 Å². The number of nitrogens with zero attached hydrogens (tertiary/aromatic N) is 2. The molecule has 0 bridgehead atoms. The van der Waals surface area contributed by atoms with Gasteiger partial charge in [-0.1, -0.05) is 12.1 Å². The van der Waals surface area contributed by atoms with E-state index in [2.05, 4.69) is 29.2 Å². The molecule has 0 aliphatic rings. The lowest BCUT2D eigenvalue weighted by atomic mass is 10.1. The number of aromatic carboxylic acids is 1. The Morgan fingerprint density at radius 3 is 2.50 bits per heavy atom. The summed E-state index contributed by atoms with van der Waals surface area (Å²) in [5.41, 5.74) is 1.42. The van der Waals surface area contributed by atoms with E-state index in [1.807, 2.05) is 18.3 Å². The van der Waals surface area contributed by atoms with Crippen LogP contribution in [0.1, 0.15) is 28.7 Å². The summed E-state index contributed by atoms with van der Waals surface area (Å²) in [6, 6.07) is 7.01. The van der Waals surface area contributed by atoms with Crippen LogP contribution in [-0.2, 0) is 13.1 Å². The normalized spacial score (nSPS) is 10.6. The quantitative estimate of drug-likeness (QED) is 0.836.